The summed E-state index contributed by atoms with van der Waals surface area (Å²) < 4.78 is 0.834. The molecule has 0 saturated heterocycles. The van der Waals surface area contributed by atoms with Crippen molar-refractivity contribution >= 4 is 39.9 Å². The quantitative estimate of drug-likeness (QED) is 0.166. The monoisotopic (exact) mass is 562 g/mol. The predicted molar refractivity (Wildman–Crippen MR) is 152 cm³/mol. The molecule has 0 saturated carbocycles. The van der Waals surface area contributed by atoms with E-state index in [0.717, 1.165) is 15.3 Å². The van der Waals surface area contributed by atoms with Crippen LogP contribution in [0.25, 0.3) is 5.57 Å². The standard InChI is InChI=1S/C29H48P.CH3.Sn/c1-10-13-16-24-19-27-23(9)29(30(20(4)5)21(6)7)25(17-14-11-2)22(8)28(27)26(24)18-15-12-3;;/h19-21H,10-18H2,1-9H3;1H3;. The van der Waals surface area contributed by atoms with Crippen molar-refractivity contribution in [1.82, 2.24) is 0 Å². The zero-order valence-electron chi connectivity index (χ0n) is 23.0. The molecule has 1 unspecified atom stereocenters. The Hall–Kier alpha value is 0.189. The van der Waals surface area contributed by atoms with Crippen LogP contribution in [0.2, 0.25) is 4.94 Å². The summed E-state index contributed by atoms with van der Waals surface area (Å²) >= 11 is -0.459. The van der Waals surface area contributed by atoms with Crippen LogP contribution in [0.15, 0.2) is 5.57 Å². The van der Waals surface area contributed by atoms with Gasteiger partial charge in [-0.25, -0.2) is 0 Å². The topological polar surface area (TPSA) is 0 Å². The van der Waals surface area contributed by atoms with Gasteiger partial charge >= 0.3 is 214 Å². The first-order chi connectivity index (χ1) is 15.3. The van der Waals surface area contributed by atoms with Crippen molar-refractivity contribution in [2.75, 3.05) is 0 Å². The molecule has 0 spiro atoms. The van der Waals surface area contributed by atoms with Gasteiger partial charge in [-0.2, -0.15) is 0 Å². The van der Waals surface area contributed by atoms with E-state index in [1.165, 1.54) is 57.8 Å². The molecule has 2 heteroatoms. The molecule has 1 aliphatic carbocycles. The third kappa shape index (κ3) is 5.87. The molecule has 0 bridgehead atoms. The molecule has 1 atom stereocenters. The van der Waals surface area contributed by atoms with Gasteiger partial charge in [-0.05, 0) is 0 Å². The number of hydrogen-bond donors (Lipinski definition) is 0. The molecular weight excluding hydrogens is 510 g/mol. The number of fused-ring (bicyclic) bond motifs is 1. The van der Waals surface area contributed by atoms with E-state index in [1.54, 1.807) is 22.3 Å². The van der Waals surface area contributed by atoms with Crippen LogP contribution >= 0.6 is 7.92 Å². The fraction of sp³-hybridized carbons (Fsp3) is 0.733. The first-order valence-electron chi connectivity index (χ1n) is 13.6. The van der Waals surface area contributed by atoms with Crippen LogP contribution in [0.4, 0.5) is 0 Å². The van der Waals surface area contributed by atoms with Crippen molar-refractivity contribution in [1.29, 1.82) is 0 Å². The molecule has 0 aromatic heterocycles. The summed E-state index contributed by atoms with van der Waals surface area (Å²) in [6.45, 7) is 22.1. The Morgan fingerprint density at radius 1 is 0.781 bits per heavy atom. The van der Waals surface area contributed by atoms with Crippen LogP contribution in [0.1, 0.15) is 132 Å². The van der Waals surface area contributed by atoms with Gasteiger partial charge in [-0.15, -0.1) is 0 Å². The summed E-state index contributed by atoms with van der Waals surface area (Å²) in [5.74, 6) is 0. The van der Waals surface area contributed by atoms with Gasteiger partial charge in [0.15, 0.2) is 0 Å². The second-order valence-electron chi connectivity index (χ2n) is 10.5. The fourth-order valence-electron chi connectivity index (χ4n) is 6.07. The third-order valence-corrected chi connectivity index (χ3v) is 14.3. The molecule has 0 amide bonds. The minimum atomic E-state index is -0.459. The molecule has 180 valence electrons. The number of hydrogen-bond acceptors (Lipinski definition) is 0. The van der Waals surface area contributed by atoms with Gasteiger partial charge in [-0.3, -0.25) is 0 Å². The Bertz CT molecular complexity index is 779. The molecule has 2 rings (SSSR count). The molecule has 0 nitrogen and oxygen atoms in total. The summed E-state index contributed by atoms with van der Waals surface area (Å²) in [4.78, 5) is 2.61. The molecular formula is C30H51PSn. The van der Waals surface area contributed by atoms with Crippen LogP contribution in [-0.2, 0) is 6.42 Å². The molecule has 0 N–H and O–H groups in total. The van der Waals surface area contributed by atoms with Gasteiger partial charge in [0.25, 0.3) is 0 Å². The SMILES string of the molecule is CCCCC1=C(CCCC)[CH]([Sn][CH3])c2c(C)c(P(C(C)C)C(C)C)c(CCCC)c(C)c21. The second kappa shape index (κ2) is 13.3. The maximum atomic E-state index is 2.61. The van der Waals surface area contributed by atoms with Crippen LogP contribution in [0, 0.1) is 13.8 Å². The predicted octanol–water partition coefficient (Wildman–Crippen LogP) is 9.51. The van der Waals surface area contributed by atoms with E-state index >= 15 is 0 Å². The van der Waals surface area contributed by atoms with E-state index in [0.29, 0.717) is 0 Å². The second-order valence-corrected chi connectivity index (χ2v) is 17.1. The van der Waals surface area contributed by atoms with Gasteiger partial charge in [0.2, 0.25) is 0 Å². The van der Waals surface area contributed by atoms with Gasteiger partial charge in [0, 0.05) is 0 Å². The summed E-state index contributed by atoms with van der Waals surface area (Å²) in [7, 11) is -0.129. The van der Waals surface area contributed by atoms with Gasteiger partial charge < -0.3 is 0 Å². The molecule has 0 heterocycles. The first-order valence-corrected chi connectivity index (χ1v) is 19.6. The zero-order chi connectivity index (χ0) is 24.0. The summed E-state index contributed by atoms with van der Waals surface area (Å²) in [6.07, 6.45) is 11.9. The van der Waals surface area contributed by atoms with E-state index in [2.05, 4.69) is 67.3 Å². The number of benzene rings is 1. The Labute approximate surface area is 212 Å². The van der Waals surface area contributed by atoms with Crippen LogP contribution in [0.5, 0.6) is 0 Å². The number of allylic oxidation sites excluding steroid dienone is 2. The molecule has 1 aromatic rings. The minimum absolute atomic E-state index is 0.129. The van der Waals surface area contributed by atoms with Gasteiger partial charge in [0.1, 0.15) is 0 Å². The average Bonchev–Trinajstić information content (AvgIpc) is 3.06. The van der Waals surface area contributed by atoms with Gasteiger partial charge in [0.05, 0.1) is 0 Å². The third-order valence-electron chi connectivity index (χ3n) is 7.49. The number of unbranched alkanes of at least 4 members (excludes halogenated alkanes) is 3. The summed E-state index contributed by atoms with van der Waals surface area (Å²) in [5, 5.41) is 1.83. The maximum absolute atomic E-state index is 2.61. The summed E-state index contributed by atoms with van der Waals surface area (Å²) in [6, 6.07) is 0. The van der Waals surface area contributed by atoms with E-state index in [9.17, 15) is 0 Å². The Kier molecular flexibility index (Phi) is 11.8. The van der Waals surface area contributed by atoms with Crippen molar-refractivity contribution < 1.29 is 0 Å². The Morgan fingerprint density at radius 2 is 1.31 bits per heavy atom. The molecule has 1 aromatic carbocycles. The molecule has 0 fully saturated rings. The Balaban J connectivity index is 2.86. The van der Waals surface area contributed by atoms with E-state index < -0.39 is 21.1 Å². The zero-order valence-corrected chi connectivity index (χ0v) is 26.8. The van der Waals surface area contributed by atoms with E-state index in [4.69, 9.17) is 0 Å². The van der Waals surface area contributed by atoms with Gasteiger partial charge in [-0.1, -0.05) is 0 Å². The Morgan fingerprint density at radius 3 is 1.81 bits per heavy atom. The van der Waals surface area contributed by atoms with Crippen molar-refractivity contribution in [2.45, 2.75) is 140 Å². The fourth-order valence-corrected chi connectivity index (χ4v) is 13.2. The van der Waals surface area contributed by atoms with Crippen molar-refractivity contribution in [2.24, 2.45) is 0 Å². The molecule has 0 aliphatic heterocycles. The normalized spacial score (nSPS) is 16.2. The summed E-state index contributed by atoms with van der Waals surface area (Å²) in [5.41, 5.74) is 14.0. The van der Waals surface area contributed by atoms with Crippen molar-refractivity contribution in [3.05, 3.63) is 33.4 Å². The van der Waals surface area contributed by atoms with Crippen LogP contribution in [0.3, 0.4) is 0 Å². The van der Waals surface area contributed by atoms with E-state index in [1.807, 2.05) is 22.0 Å². The molecule has 2 radical (unpaired) electrons. The molecule has 32 heavy (non-hydrogen) atoms. The molecule has 1 aliphatic rings. The van der Waals surface area contributed by atoms with E-state index in [-0.39, 0.29) is 7.92 Å². The number of rotatable bonds is 13. The van der Waals surface area contributed by atoms with Crippen LogP contribution < -0.4 is 5.30 Å². The van der Waals surface area contributed by atoms with Crippen molar-refractivity contribution in [3.63, 3.8) is 0 Å². The van der Waals surface area contributed by atoms with Crippen molar-refractivity contribution in [3.8, 4) is 0 Å². The average molecular weight is 561 g/mol. The van der Waals surface area contributed by atoms with Crippen LogP contribution in [-0.4, -0.2) is 32.5 Å². The first kappa shape index (κ1) is 28.4.